The topological polar surface area (TPSA) is 46.3 Å². The normalized spacial score (nSPS) is 16.6. The molecule has 0 aromatic heterocycles. The van der Waals surface area contributed by atoms with Crippen molar-refractivity contribution in [2.24, 2.45) is 0 Å². The summed E-state index contributed by atoms with van der Waals surface area (Å²) in [6.45, 7) is 1.62. The van der Waals surface area contributed by atoms with Crippen molar-refractivity contribution in [3.05, 3.63) is 28.8 Å². The smallest absolute Gasteiger partial charge is 0.254 e. The number of benzene rings is 1. The first-order valence-electron chi connectivity index (χ1n) is 5.60. The maximum absolute atomic E-state index is 12.3. The lowest BCUT2D eigenvalue weighted by molar-refractivity contribution is 0.0768. The number of carbonyl (C=O) groups is 1. The molecule has 1 heterocycles. The Labute approximate surface area is 110 Å². The largest absolute Gasteiger partial charge is 0.399 e. The highest BCUT2D eigenvalue weighted by molar-refractivity contribution is 7.99. The van der Waals surface area contributed by atoms with Gasteiger partial charge >= 0.3 is 0 Å². The molecule has 1 aliphatic rings. The van der Waals surface area contributed by atoms with Gasteiger partial charge in [-0.25, -0.2) is 0 Å². The zero-order chi connectivity index (χ0) is 12.3. The molecule has 1 aromatic rings. The third-order valence-corrected chi connectivity index (χ3v) is 3.94. The number of nitrogens with two attached hydrogens (primary N) is 1. The number of halogens is 1. The number of thioether (sulfide) groups is 1. The van der Waals surface area contributed by atoms with Crippen molar-refractivity contribution >= 4 is 35.0 Å². The van der Waals surface area contributed by atoms with E-state index in [1.54, 1.807) is 18.2 Å². The summed E-state index contributed by atoms with van der Waals surface area (Å²) >= 11 is 7.80. The van der Waals surface area contributed by atoms with Crippen LogP contribution < -0.4 is 5.73 Å². The summed E-state index contributed by atoms with van der Waals surface area (Å²) in [6.07, 6.45) is 1.05. The minimum Gasteiger partial charge on any atom is -0.399 e. The Hall–Kier alpha value is -0.870. The molecule has 1 saturated heterocycles. The number of rotatable bonds is 1. The molecule has 92 valence electrons. The number of anilines is 1. The number of hydrogen-bond donors (Lipinski definition) is 1. The van der Waals surface area contributed by atoms with Gasteiger partial charge in [0, 0.05) is 35.1 Å². The highest BCUT2D eigenvalue weighted by Crippen LogP contribution is 2.19. The van der Waals surface area contributed by atoms with Crippen LogP contribution in [0.15, 0.2) is 18.2 Å². The number of nitrogens with zero attached hydrogens (tertiary/aromatic N) is 1. The summed E-state index contributed by atoms with van der Waals surface area (Å²) in [6, 6.07) is 5.02. The molecule has 0 spiro atoms. The van der Waals surface area contributed by atoms with E-state index in [4.69, 9.17) is 17.3 Å². The first-order valence-corrected chi connectivity index (χ1v) is 7.13. The summed E-state index contributed by atoms with van der Waals surface area (Å²) in [5.41, 5.74) is 6.82. The lowest BCUT2D eigenvalue weighted by Gasteiger charge is -2.20. The van der Waals surface area contributed by atoms with Gasteiger partial charge in [0.15, 0.2) is 0 Å². The highest BCUT2D eigenvalue weighted by Gasteiger charge is 2.17. The predicted molar refractivity (Wildman–Crippen MR) is 73.7 cm³/mol. The standard InChI is InChI=1S/C12H15ClN2OS/c13-10-6-9(7-11(14)8-10)12(16)15-2-1-4-17-5-3-15/h6-8H,1-5,14H2. The monoisotopic (exact) mass is 270 g/mol. The molecule has 1 aromatic carbocycles. The fourth-order valence-corrected chi connectivity index (χ4v) is 3.00. The lowest BCUT2D eigenvalue weighted by Crippen LogP contribution is -2.32. The van der Waals surface area contributed by atoms with Crippen molar-refractivity contribution in [1.82, 2.24) is 4.90 Å². The molecule has 1 aliphatic heterocycles. The minimum atomic E-state index is 0.0294. The van der Waals surface area contributed by atoms with Crippen LogP contribution in [0, 0.1) is 0 Å². The summed E-state index contributed by atoms with van der Waals surface area (Å²) in [5, 5.41) is 0.512. The van der Waals surface area contributed by atoms with Crippen LogP contribution in [0.3, 0.4) is 0 Å². The van der Waals surface area contributed by atoms with Gasteiger partial charge in [-0.3, -0.25) is 4.79 Å². The third kappa shape index (κ3) is 3.30. The quantitative estimate of drug-likeness (QED) is 0.798. The number of amides is 1. The van der Waals surface area contributed by atoms with Crippen molar-refractivity contribution in [2.45, 2.75) is 6.42 Å². The van der Waals surface area contributed by atoms with E-state index in [0.717, 1.165) is 31.0 Å². The molecule has 0 radical (unpaired) electrons. The average molecular weight is 271 g/mol. The maximum Gasteiger partial charge on any atom is 0.254 e. The van der Waals surface area contributed by atoms with Crippen LogP contribution in [0.5, 0.6) is 0 Å². The van der Waals surface area contributed by atoms with Gasteiger partial charge in [0.05, 0.1) is 0 Å². The minimum absolute atomic E-state index is 0.0294. The molecule has 0 bridgehead atoms. The van der Waals surface area contributed by atoms with Gasteiger partial charge in [-0.2, -0.15) is 11.8 Å². The van der Waals surface area contributed by atoms with Crippen LogP contribution >= 0.6 is 23.4 Å². The van der Waals surface area contributed by atoms with E-state index in [-0.39, 0.29) is 5.91 Å². The Morgan fingerprint density at radius 1 is 1.29 bits per heavy atom. The van der Waals surface area contributed by atoms with Crippen molar-refractivity contribution in [3.63, 3.8) is 0 Å². The van der Waals surface area contributed by atoms with Crippen molar-refractivity contribution < 1.29 is 4.79 Å². The molecular formula is C12H15ClN2OS. The molecule has 17 heavy (non-hydrogen) atoms. The molecule has 0 unspecified atom stereocenters. The Bertz CT molecular complexity index is 397. The van der Waals surface area contributed by atoms with Gasteiger partial charge in [0.25, 0.3) is 5.91 Å². The van der Waals surface area contributed by atoms with Crippen LogP contribution in [-0.4, -0.2) is 35.4 Å². The van der Waals surface area contributed by atoms with Crippen LogP contribution in [0.1, 0.15) is 16.8 Å². The Morgan fingerprint density at radius 2 is 2.12 bits per heavy atom. The summed E-state index contributed by atoms with van der Waals surface area (Å²) in [7, 11) is 0. The first kappa shape index (κ1) is 12.6. The van der Waals surface area contributed by atoms with E-state index < -0.39 is 0 Å². The second-order valence-electron chi connectivity index (χ2n) is 4.03. The Balaban J connectivity index is 2.17. The van der Waals surface area contributed by atoms with E-state index >= 15 is 0 Å². The van der Waals surface area contributed by atoms with Crippen molar-refractivity contribution in [2.75, 3.05) is 30.3 Å². The van der Waals surface area contributed by atoms with Gasteiger partial charge in [-0.1, -0.05) is 11.6 Å². The fourth-order valence-electron chi connectivity index (χ4n) is 1.87. The van der Waals surface area contributed by atoms with E-state index in [0.29, 0.717) is 16.3 Å². The van der Waals surface area contributed by atoms with E-state index in [2.05, 4.69) is 0 Å². The molecule has 2 rings (SSSR count). The SMILES string of the molecule is Nc1cc(Cl)cc(C(=O)N2CCCSCC2)c1. The molecule has 2 N–H and O–H groups in total. The summed E-state index contributed by atoms with van der Waals surface area (Å²) in [4.78, 5) is 14.1. The number of nitrogen functional groups attached to an aromatic ring is 1. The van der Waals surface area contributed by atoms with Crippen LogP contribution in [0.4, 0.5) is 5.69 Å². The zero-order valence-corrected chi connectivity index (χ0v) is 11.1. The maximum atomic E-state index is 12.3. The molecule has 0 saturated carbocycles. The Morgan fingerprint density at radius 3 is 2.88 bits per heavy atom. The zero-order valence-electron chi connectivity index (χ0n) is 9.49. The van der Waals surface area contributed by atoms with E-state index in [9.17, 15) is 4.79 Å². The van der Waals surface area contributed by atoms with Crippen LogP contribution in [-0.2, 0) is 0 Å². The van der Waals surface area contributed by atoms with Crippen LogP contribution in [0.2, 0.25) is 5.02 Å². The summed E-state index contributed by atoms with van der Waals surface area (Å²) < 4.78 is 0. The number of carbonyl (C=O) groups excluding carboxylic acids is 1. The third-order valence-electron chi connectivity index (χ3n) is 2.68. The lowest BCUT2D eigenvalue weighted by atomic mass is 10.1. The molecule has 1 fully saturated rings. The van der Waals surface area contributed by atoms with Gasteiger partial charge in [0.2, 0.25) is 0 Å². The van der Waals surface area contributed by atoms with E-state index in [1.165, 1.54) is 0 Å². The second kappa shape index (κ2) is 5.65. The molecule has 5 heteroatoms. The molecule has 0 atom stereocenters. The van der Waals surface area contributed by atoms with Crippen LogP contribution in [0.25, 0.3) is 0 Å². The van der Waals surface area contributed by atoms with Gasteiger partial charge in [-0.05, 0) is 30.4 Å². The second-order valence-corrected chi connectivity index (χ2v) is 5.69. The van der Waals surface area contributed by atoms with Gasteiger partial charge in [-0.15, -0.1) is 0 Å². The first-order chi connectivity index (χ1) is 8.16. The molecule has 3 nitrogen and oxygen atoms in total. The fraction of sp³-hybridized carbons (Fsp3) is 0.417. The highest BCUT2D eigenvalue weighted by atomic mass is 35.5. The molecule has 1 amide bonds. The average Bonchev–Trinajstić information content (AvgIpc) is 2.55. The van der Waals surface area contributed by atoms with E-state index in [1.807, 2.05) is 16.7 Å². The van der Waals surface area contributed by atoms with Crippen molar-refractivity contribution in [1.29, 1.82) is 0 Å². The predicted octanol–water partition coefficient (Wildman–Crippen LogP) is 2.50. The van der Waals surface area contributed by atoms with Gasteiger partial charge in [0.1, 0.15) is 0 Å². The van der Waals surface area contributed by atoms with Gasteiger partial charge < -0.3 is 10.6 Å². The summed E-state index contributed by atoms with van der Waals surface area (Å²) in [5.74, 6) is 2.16. The molecular weight excluding hydrogens is 256 g/mol. The Kier molecular flexibility index (Phi) is 4.18. The van der Waals surface area contributed by atoms with Crippen molar-refractivity contribution in [3.8, 4) is 0 Å². The number of hydrogen-bond acceptors (Lipinski definition) is 3. The molecule has 0 aliphatic carbocycles.